The Labute approximate surface area is 98.0 Å². The molecule has 1 aliphatic rings. The zero-order chi connectivity index (χ0) is 12.6. The highest BCUT2D eigenvalue weighted by molar-refractivity contribution is 5.46. The molecule has 0 fully saturated rings. The molecule has 0 spiro atoms. The Hall–Kier alpha value is -1.36. The first-order valence-corrected chi connectivity index (χ1v) is 5.43. The summed E-state index contributed by atoms with van der Waals surface area (Å²) in [6, 6.07) is 4.61. The van der Waals surface area contributed by atoms with Gasteiger partial charge in [-0.25, -0.2) is 0 Å². The van der Waals surface area contributed by atoms with Crippen molar-refractivity contribution in [1.82, 2.24) is 0 Å². The van der Waals surface area contributed by atoms with E-state index in [1.54, 1.807) is 6.07 Å². The number of aliphatic hydroxyl groups is 1. The Balaban J connectivity index is 2.30. The lowest BCUT2D eigenvalue weighted by Gasteiger charge is -2.18. The number of hydrogen-bond acceptors (Lipinski definition) is 3. The van der Waals surface area contributed by atoms with Gasteiger partial charge in [0.1, 0.15) is 0 Å². The van der Waals surface area contributed by atoms with Gasteiger partial charge in [0, 0.05) is 5.92 Å². The quantitative estimate of drug-likeness (QED) is 0.888. The van der Waals surface area contributed by atoms with E-state index in [4.69, 9.17) is 0 Å². The van der Waals surface area contributed by atoms with Gasteiger partial charge in [0.2, 0.25) is 0 Å². The first-order valence-electron chi connectivity index (χ1n) is 5.43. The number of rotatable bonds is 3. The van der Waals surface area contributed by atoms with E-state index in [1.807, 2.05) is 13.8 Å². The van der Waals surface area contributed by atoms with Gasteiger partial charge in [-0.05, 0) is 23.6 Å². The second kappa shape index (κ2) is 4.14. The van der Waals surface area contributed by atoms with E-state index in [0.29, 0.717) is 0 Å². The summed E-state index contributed by atoms with van der Waals surface area (Å²) < 4.78 is 34.3. The Bertz CT molecular complexity index is 418. The van der Waals surface area contributed by atoms with E-state index in [-0.39, 0.29) is 29.9 Å². The van der Waals surface area contributed by atoms with Crippen molar-refractivity contribution >= 4 is 0 Å². The maximum Gasteiger partial charge on any atom is 0.586 e. The van der Waals surface area contributed by atoms with Crippen LogP contribution in [0, 0.1) is 5.92 Å². The third kappa shape index (κ3) is 2.34. The van der Waals surface area contributed by atoms with Crippen LogP contribution in [0.1, 0.15) is 25.3 Å². The SMILES string of the molecule is CC(C)C(CO)c1ccc2c(c1)OC(F)(F)O2. The van der Waals surface area contributed by atoms with E-state index >= 15 is 0 Å². The molecule has 94 valence electrons. The highest BCUT2D eigenvalue weighted by atomic mass is 19.3. The second-order valence-corrected chi connectivity index (χ2v) is 4.41. The lowest BCUT2D eigenvalue weighted by atomic mass is 9.89. The molecule has 1 heterocycles. The van der Waals surface area contributed by atoms with Gasteiger partial charge in [-0.3, -0.25) is 0 Å². The number of benzene rings is 1. The van der Waals surface area contributed by atoms with Crippen molar-refractivity contribution in [3.8, 4) is 11.5 Å². The summed E-state index contributed by atoms with van der Waals surface area (Å²) in [5, 5.41) is 9.28. The molecule has 0 amide bonds. The van der Waals surface area contributed by atoms with Crippen molar-refractivity contribution in [2.45, 2.75) is 26.1 Å². The minimum absolute atomic E-state index is 0.0200. The van der Waals surface area contributed by atoms with E-state index in [2.05, 4.69) is 9.47 Å². The summed E-state index contributed by atoms with van der Waals surface area (Å²) in [5.74, 6) is 0.157. The van der Waals surface area contributed by atoms with Gasteiger partial charge >= 0.3 is 6.29 Å². The molecule has 1 unspecified atom stereocenters. The highest BCUT2D eigenvalue weighted by Crippen LogP contribution is 2.42. The second-order valence-electron chi connectivity index (χ2n) is 4.41. The maximum absolute atomic E-state index is 12.8. The minimum atomic E-state index is -3.59. The molecule has 1 N–H and O–H groups in total. The van der Waals surface area contributed by atoms with Crippen LogP contribution in [0.4, 0.5) is 8.78 Å². The molecule has 2 rings (SSSR count). The zero-order valence-corrected chi connectivity index (χ0v) is 9.61. The van der Waals surface area contributed by atoms with Gasteiger partial charge < -0.3 is 14.6 Å². The molecule has 1 aromatic rings. The maximum atomic E-state index is 12.8. The molecule has 1 atom stereocenters. The first-order chi connectivity index (χ1) is 7.93. The van der Waals surface area contributed by atoms with Crippen molar-refractivity contribution < 1.29 is 23.4 Å². The lowest BCUT2D eigenvalue weighted by Crippen LogP contribution is -2.25. The van der Waals surface area contributed by atoms with Crippen molar-refractivity contribution in [2.75, 3.05) is 6.61 Å². The van der Waals surface area contributed by atoms with Crippen molar-refractivity contribution in [1.29, 1.82) is 0 Å². The summed E-state index contributed by atoms with van der Waals surface area (Å²) >= 11 is 0. The Morgan fingerprint density at radius 1 is 1.24 bits per heavy atom. The van der Waals surface area contributed by atoms with Crippen LogP contribution < -0.4 is 9.47 Å². The number of alkyl halides is 2. The van der Waals surface area contributed by atoms with Crippen LogP contribution in [0.15, 0.2) is 18.2 Å². The fourth-order valence-electron chi connectivity index (χ4n) is 1.90. The van der Waals surface area contributed by atoms with Crippen LogP contribution in [0.2, 0.25) is 0 Å². The van der Waals surface area contributed by atoms with E-state index < -0.39 is 6.29 Å². The average Bonchev–Trinajstić information content (AvgIpc) is 2.51. The molecule has 0 aromatic heterocycles. The summed E-state index contributed by atoms with van der Waals surface area (Å²) in [5.41, 5.74) is 0.766. The van der Waals surface area contributed by atoms with Crippen LogP contribution in [0.5, 0.6) is 11.5 Å². The largest absolute Gasteiger partial charge is 0.586 e. The van der Waals surface area contributed by atoms with E-state index in [9.17, 15) is 13.9 Å². The molecule has 0 aliphatic carbocycles. The third-order valence-electron chi connectivity index (χ3n) is 2.85. The summed E-state index contributed by atoms with van der Waals surface area (Å²) in [6.07, 6.45) is -3.59. The fraction of sp³-hybridized carbons (Fsp3) is 0.500. The fourth-order valence-corrected chi connectivity index (χ4v) is 1.90. The number of ether oxygens (including phenoxy) is 2. The van der Waals surface area contributed by atoms with Gasteiger partial charge in [0.05, 0.1) is 6.61 Å². The van der Waals surface area contributed by atoms with Crippen molar-refractivity contribution in [2.24, 2.45) is 5.92 Å². The molecule has 0 saturated heterocycles. The predicted molar refractivity (Wildman–Crippen MR) is 57.3 cm³/mol. The standard InChI is InChI=1S/C12H14F2O3/c1-7(2)9(6-15)8-3-4-10-11(5-8)17-12(13,14)16-10/h3-5,7,9,15H,6H2,1-2H3. The summed E-state index contributed by atoms with van der Waals surface area (Å²) in [6.45, 7) is 3.88. The van der Waals surface area contributed by atoms with E-state index in [1.165, 1.54) is 12.1 Å². The highest BCUT2D eigenvalue weighted by Gasteiger charge is 2.43. The monoisotopic (exact) mass is 244 g/mol. The molecule has 17 heavy (non-hydrogen) atoms. The molecule has 0 bridgehead atoms. The molecular weight excluding hydrogens is 230 g/mol. The van der Waals surface area contributed by atoms with Crippen LogP contribution in [-0.2, 0) is 0 Å². The molecule has 3 nitrogen and oxygen atoms in total. The van der Waals surface area contributed by atoms with Gasteiger partial charge in [-0.1, -0.05) is 19.9 Å². The first kappa shape index (κ1) is 12.1. The molecule has 0 radical (unpaired) electrons. The molecule has 1 aromatic carbocycles. The van der Waals surface area contributed by atoms with Gasteiger partial charge in [0.15, 0.2) is 11.5 Å². The van der Waals surface area contributed by atoms with E-state index in [0.717, 1.165) is 5.56 Å². The van der Waals surface area contributed by atoms with Gasteiger partial charge in [0.25, 0.3) is 0 Å². The molecule has 1 aliphatic heterocycles. The van der Waals surface area contributed by atoms with Crippen molar-refractivity contribution in [3.63, 3.8) is 0 Å². The molecular formula is C12H14F2O3. The molecule has 5 heteroatoms. The van der Waals surface area contributed by atoms with Crippen LogP contribution in [-0.4, -0.2) is 18.0 Å². The smallest absolute Gasteiger partial charge is 0.396 e. The van der Waals surface area contributed by atoms with Gasteiger partial charge in [-0.2, -0.15) is 0 Å². The number of fused-ring (bicyclic) bond motifs is 1. The van der Waals surface area contributed by atoms with Crippen LogP contribution >= 0.6 is 0 Å². The lowest BCUT2D eigenvalue weighted by molar-refractivity contribution is -0.286. The molecule has 0 saturated carbocycles. The zero-order valence-electron chi connectivity index (χ0n) is 9.61. The summed E-state index contributed by atoms with van der Waals surface area (Å²) in [4.78, 5) is 0. The van der Waals surface area contributed by atoms with Crippen LogP contribution in [0.25, 0.3) is 0 Å². The number of halogens is 2. The Kier molecular flexibility index (Phi) is 2.95. The Morgan fingerprint density at radius 3 is 2.47 bits per heavy atom. The third-order valence-corrected chi connectivity index (χ3v) is 2.85. The summed E-state index contributed by atoms with van der Waals surface area (Å²) in [7, 11) is 0. The van der Waals surface area contributed by atoms with Crippen molar-refractivity contribution in [3.05, 3.63) is 23.8 Å². The Morgan fingerprint density at radius 2 is 1.88 bits per heavy atom. The minimum Gasteiger partial charge on any atom is -0.396 e. The van der Waals surface area contributed by atoms with Crippen LogP contribution in [0.3, 0.4) is 0 Å². The number of hydrogen-bond donors (Lipinski definition) is 1. The topological polar surface area (TPSA) is 38.7 Å². The average molecular weight is 244 g/mol. The normalized spacial score (nSPS) is 18.5. The number of aliphatic hydroxyl groups excluding tert-OH is 1. The van der Waals surface area contributed by atoms with Gasteiger partial charge in [-0.15, -0.1) is 8.78 Å². The predicted octanol–water partition coefficient (Wildman–Crippen LogP) is 2.74.